The first kappa shape index (κ1) is 13.3. The van der Waals surface area contributed by atoms with Crippen molar-refractivity contribution >= 4 is 18.4 Å². The molecule has 0 saturated heterocycles. The zero-order valence-corrected chi connectivity index (χ0v) is 9.85. The van der Waals surface area contributed by atoms with Crippen molar-refractivity contribution in [1.29, 1.82) is 5.41 Å². The first-order valence-electron chi connectivity index (χ1n) is 5.64. The Bertz CT molecular complexity index is 406. The summed E-state index contributed by atoms with van der Waals surface area (Å²) in [5.41, 5.74) is 0.837. The Labute approximate surface area is 101 Å². The highest BCUT2D eigenvalue weighted by molar-refractivity contribution is 6.08. The molecule has 0 spiro atoms. The van der Waals surface area contributed by atoms with Gasteiger partial charge in [-0.3, -0.25) is 4.79 Å². The van der Waals surface area contributed by atoms with Gasteiger partial charge in [0.15, 0.2) is 6.29 Å². The number of allylic oxidation sites excluding steroid dienone is 4. The highest BCUT2D eigenvalue weighted by atomic mass is 16.2. The first-order valence-corrected chi connectivity index (χ1v) is 5.64. The summed E-state index contributed by atoms with van der Waals surface area (Å²) < 4.78 is 0. The van der Waals surface area contributed by atoms with E-state index in [1.54, 1.807) is 0 Å². The van der Waals surface area contributed by atoms with Crippen molar-refractivity contribution in [2.75, 3.05) is 0 Å². The first-order chi connectivity index (χ1) is 8.21. The Balaban J connectivity index is 2.62. The molecule has 4 nitrogen and oxygen atoms in total. The Hall–Kier alpha value is -1.81. The van der Waals surface area contributed by atoms with Crippen LogP contribution >= 0.6 is 0 Å². The molecule has 0 fully saturated rings. The van der Waals surface area contributed by atoms with E-state index >= 15 is 0 Å². The topological polar surface area (TPSA) is 74.6 Å². The lowest BCUT2D eigenvalue weighted by molar-refractivity contribution is -0.510. The number of aldehydes is 1. The molecule has 1 aliphatic rings. The van der Waals surface area contributed by atoms with Crippen LogP contribution < -0.4 is 5.32 Å². The van der Waals surface area contributed by atoms with Crippen LogP contribution in [-0.2, 0) is 9.59 Å². The smallest absolute Gasteiger partial charge is 0.309 e. The fourth-order valence-electron chi connectivity index (χ4n) is 1.60. The minimum absolute atomic E-state index is 0.00640. The van der Waals surface area contributed by atoms with Crippen molar-refractivity contribution < 1.29 is 14.9 Å². The van der Waals surface area contributed by atoms with Crippen LogP contribution in [0.4, 0.5) is 0 Å². The van der Waals surface area contributed by atoms with Gasteiger partial charge in [-0.2, -0.15) is 0 Å². The molecule has 0 bridgehead atoms. The van der Waals surface area contributed by atoms with Gasteiger partial charge in [-0.25, -0.2) is 10.1 Å². The summed E-state index contributed by atoms with van der Waals surface area (Å²) in [6.45, 7) is 2.13. The molecule has 4 heteroatoms. The largest absolute Gasteiger partial charge is 0.351 e. The summed E-state index contributed by atoms with van der Waals surface area (Å²) in [5, 5.41) is 8.28. The van der Waals surface area contributed by atoms with Crippen molar-refractivity contribution in [3.63, 3.8) is 0 Å². The third kappa shape index (κ3) is 3.92. The summed E-state index contributed by atoms with van der Waals surface area (Å²) in [5.74, 6) is 0.194. The zero-order valence-electron chi connectivity index (χ0n) is 9.85. The molecule has 1 rings (SSSR count). The number of hydrogen-bond donors (Lipinski definition) is 2. The second kappa shape index (κ2) is 6.70. The Morgan fingerprint density at radius 1 is 1.65 bits per heavy atom. The maximum Gasteiger partial charge on any atom is 0.351 e. The van der Waals surface area contributed by atoms with Crippen LogP contribution in [0.25, 0.3) is 0 Å². The van der Waals surface area contributed by atoms with Gasteiger partial charge in [0.1, 0.15) is 11.3 Å². The van der Waals surface area contributed by atoms with Gasteiger partial charge >= 0.3 is 5.91 Å². The molecule has 1 amide bonds. The molecular weight excluding hydrogens is 216 g/mol. The lowest BCUT2D eigenvalue weighted by Crippen LogP contribution is -2.86. The number of nitrogens with two attached hydrogens (primary N) is 1. The molecule has 0 heterocycles. The number of quaternary nitrogens is 1. The minimum atomic E-state index is -0.352. The van der Waals surface area contributed by atoms with Crippen LogP contribution in [0.3, 0.4) is 0 Å². The fourth-order valence-corrected chi connectivity index (χ4v) is 1.60. The molecule has 1 unspecified atom stereocenters. The van der Waals surface area contributed by atoms with Crippen LogP contribution in [0.15, 0.2) is 35.6 Å². The second-order valence-electron chi connectivity index (χ2n) is 3.88. The van der Waals surface area contributed by atoms with Crippen molar-refractivity contribution in [3.8, 4) is 0 Å². The van der Waals surface area contributed by atoms with Gasteiger partial charge in [-0.15, -0.1) is 0 Å². The van der Waals surface area contributed by atoms with Crippen LogP contribution in [-0.4, -0.2) is 18.4 Å². The standard InChI is InChI=1S/C13H16N2O2/c1-2-10-3-5-12(6-4-10)15-13(17)11(9-16)7-8-14/h3,5-10,14H,2,4H2,1H3,(H,15,17)/p+1. The predicted molar refractivity (Wildman–Crippen MR) is 65.5 cm³/mol. The molecule has 0 aromatic rings. The van der Waals surface area contributed by atoms with Crippen molar-refractivity contribution in [2.24, 2.45) is 5.92 Å². The SMILES string of the molecule is CCC1C=CC([NH2+]C(=O)C(C=O)=CC=N)=CC1. The number of nitrogens with one attached hydrogen (secondary N) is 1. The Morgan fingerprint density at radius 2 is 2.41 bits per heavy atom. The summed E-state index contributed by atoms with van der Waals surface area (Å²) in [6.07, 6.45) is 10.6. The number of hydrogen-bond acceptors (Lipinski definition) is 3. The second-order valence-corrected chi connectivity index (χ2v) is 3.88. The van der Waals surface area contributed by atoms with E-state index in [4.69, 9.17) is 5.41 Å². The molecule has 1 atom stereocenters. The highest BCUT2D eigenvalue weighted by Gasteiger charge is 2.16. The monoisotopic (exact) mass is 233 g/mol. The molecule has 3 N–H and O–H groups in total. The number of rotatable bonds is 5. The molecule has 0 saturated carbocycles. The van der Waals surface area contributed by atoms with Crippen molar-refractivity contribution in [1.82, 2.24) is 0 Å². The molecule has 0 radical (unpaired) electrons. The van der Waals surface area contributed by atoms with Crippen LogP contribution in [0, 0.1) is 11.3 Å². The number of primary amides is 1. The van der Waals surface area contributed by atoms with Crippen molar-refractivity contribution in [2.45, 2.75) is 19.8 Å². The maximum atomic E-state index is 11.7. The summed E-state index contributed by atoms with van der Waals surface area (Å²) >= 11 is 0. The number of carbonyl (C=O) groups excluding carboxylic acids is 2. The lowest BCUT2D eigenvalue weighted by atomic mass is 9.97. The average Bonchev–Trinajstić information content (AvgIpc) is 2.36. The van der Waals surface area contributed by atoms with E-state index < -0.39 is 0 Å². The van der Waals surface area contributed by atoms with E-state index in [1.165, 1.54) is 11.4 Å². The van der Waals surface area contributed by atoms with Crippen LogP contribution in [0.5, 0.6) is 0 Å². The normalized spacial score (nSPS) is 19.7. The summed E-state index contributed by atoms with van der Waals surface area (Å²) in [7, 11) is 0. The summed E-state index contributed by atoms with van der Waals surface area (Å²) in [4.78, 5) is 22.3. The molecule has 17 heavy (non-hydrogen) atoms. The van der Waals surface area contributed by atoms with Crippen LogP contribution in [0.2, 0.25) is 0 Å². The van der Waals surface area contributed by atoms with Crippen LogP contribution in [0.1, 0.15) is 19.8 Å². The van der Waals surface area contributed by atoms with E-state index in [2.05, 4.69) is 13.0 Å². The van der Waals surface area contributed by atoms with E-state index in [0.717, 1.165) is 24.8 Å². The number of amides is 1. The van der Waals surface area contributed by atoms with Gasteiger partial charge in [0.05, 0.1) is 0 Å². The zero-order chi connectivity index (χ0) is 12.7. The van der Waals surface area contributed by atoms with Gasteiger partial charge in [0, 0.05) is 6.21 Å². The molecule has 90 valence electrons. The van der Waals surface area contributed by atoms with Gasteiger partial charge < -0.3 is 5.41 Å². The van der Waals surface area contributed by atoms with E-state index in [9.17, 15) is 9.59 Å². The number of carbonyl (C=O) groups is 2. The highest BCUT2D eigenvalue weighted by Crippen LogP contribution is 2.15. The molecule has 0 aromatic heterocycles. The molecule has 1 aliphatic carbocycles. The Kier molecular flexibility index (Phi) is 5.23. The van der Waals surface area contributed by atoms with Gasteiger partial charge in [0.25, 0.3) is 0 Å². The van der Waals surface area contributed by atoms with Gasteiger partial charge in [-0.1, -0.05) is 13.0 Å². The summed E-state index contributed by atoms with van der Waals surface area (Å²) in [6, 6.07) is 0. The average molecular weight is 233 g/mol. The third-order valence-corrected chi connectivity index (χ3v) is 2.71. The molecule has 0 aliphatic heterocycles. The Morgan fingerprint density at radius 3 is 2.88 bits per heavy atom. The third-order valence-electron chi connectivity index (χ3n) is 2.71. The van der Waals surface area contributed by atoms with Gasteiger partial charge in [-0.05, 0) is 37.0 Å². The quantitative estimate of drug-likeness (QED) is 0.241. The van der Waals surface area contributed by atoms with E-state index in [0.29, 0.717) is 12.2 Å². The van der Waals surface area contributed by atoms with Crippen molar-refractivity contribution in [3.05, 3.63) is 35.6 Å². The van der Waals surface area contributed by atoms with Gasteiger partial charge in [0.2, 0.25) is 0 Å². The maximum absolute atomic E-state index is 11.7. The van der Waals surface area contributed by atoms with E-state index in [-0.39, 0.29) is 11.5 Å². The van der Waals surface area contributed by atoms with E-state index in [1.807, 2.05) is 12.2 Å². The fraction of sp³-hybridized carbons (Fsp3) is 0.308. The lowest BCUT2D eigenvalue weighted by Gasteiger charge is -2.11. The predicted octanol–water partition coefficient (Wildman–Crippen LogP) is 0.721. The minimum Gasteiger partial charge on any atom is -0.309 e. The molecular formula is C13H17N2O2+. The molecule has 0 aromatic carbocycles.